The molecule has 0 bridgehead atoms. The number of allylic oxidation sites excluding steroid dienone is 26. The second kappa shape index (κ2) is 22.4. The average Bonchev–Trinajstić information content (AvgIpc) is 3.31. The molecule has 3 aliphatic rings. The normalized spacial score (nSPS) is 23.2. The van der Waals surface area contributed by atoms with E-state index in [1.165, 1.54) is 37.9 Å². The van der Waals surface area contributed by atoms with Crippen LogP contribution in [0.5, 0.6) is 0 Å². The molecule has 2 aromatic rings. The summed E-state index contributed by atoms with van der Waals surface area (Å²) in [5, 5.41) is 0. The van der Waals surface area contributed by atoms with Crippen LogP contribution in [0.1, 0.15) is 65.5 Å². The summed E-state index contributed by atoms with van der Waals surface area (Å²) in [7, 11) is 0. The van der Waals surface area contributed by atoms with E-state index in [0.29, 0.717) is 6.54 Å². The number of benzene rings is 2. The fourth-order valence-corrected chi connectivity index (χ4v) is 8.80. The largest absolute Gasteiger partial charge is 0.344 e. The molecule has 0 aromatic heterocycles. The van der Waals surface area contributed by atoms with Gasteiger partial charge in [-0.2, -0.15) is 0 Å². The van der Waals surface area contributed by atoms with Crippen molar-refractivity contribution in [1.29, 1.82) is 0 Å². The van der Waals surface area contributed by atoms with E-state index in [0.717, 1.165) is 30.5 Å². The number of para-hydroxylation sites is 1. The molecule has 0 N–H and O–H groups in total. The lowest BCUT2D eigenvalue weighted by Crippen LogP contribution is -2.30. The quantitative estimate of drug-likeness (QED) is 0.187. The number of thioether (sulfide) groups is 1. The van der Waals surface area contributed by atoms with Crippen molar-refractivity contribution >= 4 is 23.1 Å². The highest BCUT2D eigenvalue weighted by Crippen LogP contribution is 2.52. The van der Waals surface area contributed by atoms with E-state index in [-0.39, 0.29) is 5.41 Å². The summed E-state index contributed by atoms with van der Waals surface area (Å²) in [5.41, 5.74) is 8.18. The zero-order valence-electron chi connectivity index (χ0n) is 36.0. The van der Waals surface area contributed by atoms with E-state index >= 15 is 0 Å². The number of hydrogen-bond donors (Lipinski definition) is 0. The molecule has 1 unspecified atom stereocenters. The van der Waals surface area contributed by atoms with Crippen LogP contribution in [0, 0.1) is 5.41 Å². The van der Waals surface area contributed by atoms with Crippen molar-refractivity contribution in [2.24, 2.45) is 5.41 Å². The molecular formula is C56H62N2S. The Bertz CT molecular complexity index is 2250. The lowest BCUT2D eigenvalue weighted by Gasteiger charge is -2.40. The standard InChI is InChI=1S/C56H62N2S/c1-8-12-14-16-17-18-22-30-42-57(49-37-36-47-33-24-19-20-27-39-55(6,7)50(47)45-49)44-38-48(32-10-3)56(40-28-15-13-9-2)41-29-21-23-31-43-58-51-34-25-26-35-53(51)59-52(11-4)54(58)46(56)5/h8-32,34-38,41,43-45H,3,33,39-40,42H2,1-2,4-7H3/b12-8-,13-9-,16-14-,18-17+,23-21-,24-19-,27-20-,28-15-,30-22-,41-29+,43-31+,44-38+,48-32+,52-11+,54-46?. The molecule has 59 heavy (non-hydrogen) atoms. The summed E-state index contributed by atoms with van der Waals surface area (Å²) in [4.78, 5) is 7.23. The van der Waals surface area contributed by atoms with Crippen LogP contribution in [-0.4, -0.2) is 6.54 Å². The Morgan fingerprint density at radius 2 is 1.56 bits per heavy atom. The van der Waals surface area contributed by atoms with Crippen LogP contribution in [0.25, 0.3) is 0 Å². The second-order valence-electron chi connectivity index (χ2n) is 15.3. The molecule has 0 amide bonds. The highest BCUT2D eigenvalue weighted by atomic mass is 32.2. The number of hydrogen-bond acceptors (Lipinski definition) is 3. The second-order valence-corrected chi connectivity index (χ2v) is 16.4. The van der Waals surface area contributed by atoms with Crippen LogP contribution in [0.3, 0.4) is 0 Å². The van der Waals surface area contributed by atoms with Gasteiger partial charge < -0.3 is 9.80 Å². The van der Waals surface area contributed by atoms with Gasteiger partial charge in [0.25, 0.3) is 0 Å². The highest BCUT2D eigenvalue weighted by molar-refractivity contribution is 8.03. The Balaban J connectivity index is 1.70. The summed E-state index contributed by atoms with van der Waals surface area (Å²) in [6.45, 7) is 18.2. The molecule has 5 rings (SSSR count). The topological polar surface area (TPSA) is 6.48 Å². The molecule has 2 nitrogen and oxygen atoms in total. The van der Waals surface area contributed by atoms with E-state index in [2.05, 4.69) is 233 Å². The molecule has 0 spiro atoms. The van der Waals surface area contributed by atoms with Gasteiger partial charge in [0.2, 0.25) is 0 Å². The van der Waals surface area contributed by atoms with E-state index < -0.39 is 5.41 Å². The third-order valence-corrected chi connectivity index (χ3v) is 12.1. The fraction of sp³-hybridized carbons (Fsp3) is 0.214. The van der Waals surface area contributed by atoms with Gasteiger partial charge in [-0.1, -0.05) is 190 Å². The fourth-order valence-electron chi connectivity index (χ4n) is 7.68. The van der Waals surface area contributed by atoms with Crippen LogP contribution in [0.15, 0.2) is 240 Å². The van der Waals surface area contributed by atoms with Gasteiger partial charge in [0.15, 0.2) is 0 Å². The van der Waals surface area contributed by atoms with Gasteiger partial charge in [-0.25, -0.2) is 0 Å². The number of rotatable bonds is 13. The van der Waals surface area contributed by atoms with Crippen molar-refractivity contribution < 1.29 is 0 Å². The predicted molar refractivity (Wildman–Crippen MR) is 263 cm³/mol. The predicted octanol–water partition coefficient (Wildman–Crippen LogP) is 15.6. The molecule has 3 heteroatoms. The molecule has 0 saturated carbocycles. The lowest BCUT2D eigenvalue weighted by atomic mass is 9.69. The molecule has 0 fully saturated rings. The van der Waals surface area contributed by atoms with Crippen molar-refractivity contribution in [3.63, 3.8) is 0 Å². The first-order valence-electron chi connectivity index (χ1n) is 20.9. The zero-order valence-corrected chi connectivity index (χ0v) is 36.8. The maximum absolute atomic E-state index is 4.27. The Kier molecular flexibility index (Phi) is 16.8. The molecular weight excluding hydrogens is 733 g/mol. The van der Waals surface area contributed by atoms with Gasteiger partial charge in [-0.15, -0.1) is 0 Å². The van der Waals surface area contributed by atoms with Gasteiger partial charge in [0, 0.05) is 39.8 Å². The van der Waals surface area contributed by atoms with Crippen LogP contribution in [-0.2, 0) is 11.8 Å². The minimum Gasteiger partial charge on any atom is -0.344 e. The van der Waals surface area contributed by atoms with Crippen molar-refractivity contribution in [2.75, 3.05) is 16.3 Å². The summed E-state index contributed by atoms with van der Waals surface area (Å²) < 4.78 is 0. The minimum atomic E-state index is -0.526. The van der Waals surface area contributed by atoms with Crippen LogP contribution < -0.4 is 9.80 Å². The van der Waals surface area contributed by atoms with E-state index in [9.17, 15) is 0 Å². The Labute approximate surface area is 360 Å². The maximum Gasteiger partial charge on any atom is 0.0595 e. The Morgan fingerprint density at radius 1 is 0.831 bits per heavy atom. The number of nitrogens with zero attached hydrogens (tertiary/aromatic N) is 2. The molecule has 2 aromatic carbocycles. The van der Waals surface area contributed by atoms with Gasteiger partial charge in [-0.3, -0.25) is 0 Å². The summed E-state index contributed by atoms with van der Waals surface area (Å²) in [6, 6.07) is 15.7. The molecule has 2 aliphatic heterocycles. The van der Waals surface area contributed by atoms with Gasteiger partial charge >= 0.3 is 0 Å². The molecule has 1 atom stereocenters. The lowest BCUT2D eigenvalue weighted by molar-refractivity contribution is 0.530. The molecule has 2 heterocycles. The number of anilines is 2. The van der Waals surface area contributed by atoms with E-state index in [4.69, 9.17) is 0 Å². The molecule has 0 radical (unpaired) electrons. The molecule has 1 aliphatic carbocycles. The van der Waals surface area contributed by atoms with Crippen molar-refractivity contribution in [3.8, 4) is 0 Å². The molecule has 302 valence electrons. The first-order valence-corrected chi connectivity index (χ1v) is 21.7. The highest BCUT2D eigenvalue weighted by Gasteiger charge is 2.37. The first kappa shape index (κ1) is 44.3. The summed E-state index contributed by atoms with van der Waals surface area (Å²) in [5.74, 6) is 0. The SMILES string of the molecule is C=C/C=C(\C=C\N(C\C=C/C=C/C=C\C=C/C)c1ccc2c(c1)C(C)(C)C/C=C\C=C/C2)C1(C/C=C\C=C/C)/C=C/C=C\C=C\N2C(=C1C)/C(=C\C)Sc1ccccc12. The minimum absolute atomic E-state index is 0.0164. The number of fused-ring (bicyclic) bond motifs is 4. The van der Waals surface area contributed by atoms with Crippen LogP contribution >= 0.6 is 11.8 Å². The third-order valence-electron chi connectivity index (χ3n) is 10.9. The first-order chi connectivity index (χ1) is 28.8. The van der Waals surface area contributed by atoms with Gasteiger partial charge in [0.05, 0.1) is 11.4 Å². The van der Waals surface area contributed by atoms with Crippen LogP contribution in [0.4, 0.5) is 11.4 Å². The summed E-state index contributed by atoms with van der Waals surface area (Å²) >= 11 is 1.84. The van der Waals surface area contributed by atoms with E-state index in [1.54, 1.807) is 0 Å². The smallest absolute Gasteiger partial charge is 0.0595 e. The molecule has 0 saturated heterocycles. The monoisotopic (exact) mass is 794 g/mol. The average molecular weight is 795 g/mol. The third kappa shape index (κ3) is 11.5. The van der Waals surface area contributed by atoms with Gasteiger partial charge in [0.1, 0.15) is 0 Å². The zero-order chi connectivity index (χ0) is 41.9. The van der Waals surface area contributed by atoms with Crippen molar-refractivity contribution in [3.05, 3.63) is 246 Å². The Morgan fingerprint density at radius 3 is 2.36 bits per heavy atom. The Hall–Kier alpha value is -5.77. The maximum atomic E-state index is 4.27. The van der Waals surface area contributed by atoms with Gasteiger partial charge in [-0.05, 0) is 111 Å². The van der Waals surface area contributed by atoms with Crippen molar-refractivity contribution in [2.45, 2.75) is 71.1 Å². The van der Waals surface area contributed by atoms with E-state index in [1.807, 2.05) is 43.0 Å². The summed E-state index contributed by atoms with van der Waals surface area (Å²) in [6.07, 6.45) is 61.1. The van der Waals surface area contributed by atoms with Crippen molar-refractivity contribution in [1.82, 2.24) is 0 Å². The van der Waals surface area contributed by atoms with Crippen LogP contribution in [0.2, 0.25) is 0 Å².